The van der Waals surface area contributed by atoms with Crippen LogP contribution in [-0.4, -0.2) is 24.4 Å². The van der Waals surface area contributed by atoms with E-state index in [4.69, 9.17) is 4.74 Å². The standard InChI is InChI=1S/C10H14BrNO2S/c1-3-7(5-11)12-10(13)9-4-8(14-2)6-15-9/h4,6-7H,3,5H2,1-2H3,(H,12,13). The highest BCUT2D eigenvalue weighted by Crippen LogP contribution is 2.21. The third kappa shape index (κ3) is 3.50. The van der Waals surface area contributed by atoms with Crippen LogP contribution in [0, 0.1) is 0 Å². The lowest BCUT2D eigenvalue weighted by molar-refractivity contribution is 0.0944. The largest absolute Gasteiger partial charge is 0.496 e. The van der Waals surface area contributed by atoms with E-state index in [0.29, 0.717) is 4.88 Å². The van der Waals surface area contributed by atoms with Gasteiger partial charge in [-0.2, -0.15) is 0 Å². The van der Waals surface area contributed by atoms with E-state index < -0.39 is 0 Å². The van der Waals surface area contributed by atoms with Gasteiger partial charge in [-0.1, -0.05) is 22.9 Å². The number of carbonyl (C=O) groups is 1. The van der Waals surface area contributed by atoms with Crippen molar-refractivity contribution in [1.29, 1.82) is 0 Å². The highest BCUT2D eigenvalue weighted by molar-refractivity contribution is 9.09. The second-order valence-corrected chi connectivity index (χ2v) is 4.64. The van der Waals surface area contributed by atoms with Crippen molar-refractivity contribution in [3.8, 4) is 5.75 Å². The lowest BCUT2D eigenvalue weighted by Gasteiger charge is -2.12. The lowest BCUT2D eigenvalue weighted by Crippen LogP contribution is -2.34. The summed E-state index contributed by atoms with van der Waals surface area (Å²) in [7, 11) is 1.59. The van der Waals surface area contributed by atoms with Crippen molar-refractivity contribution >= 4 is 33.2 Å². The maximum Gasteiger partial charge on any atom is 0.261 e. The molecule has 0 saturated heterocycles. The van der Waals surface area contributed by atoms with Gasteiger partial charge in [0.2, 0.25) is 0 Å². The molecule has 0 saturated carbocycles. The Hall–Kier alpha value is -0.550. The average molecular weight is 292 g/mol. The molecule has 84 valence electrons. The first-order chi connectivity index (χ1) is 7.21. The average Bonchev–Trinajstić information content (AvgIpc) is 2.74. The van der Waals surface area contributed by atoms with E-state index in [0.717, 1.165) is 17.5 Å². The second-order valence-electron chi connectivity index (χ2n) is 3.08. The second kappa shape index (κ2) is 6.12. The molecule has 0 radical (unpaired) electrons. The summed E-state index contributed by atoms with van der Waals surface area (Å²) in [6.45, 7) is 2.04. The number of nitrogens with one attached hydrogen (secondary N) is 1. The molecule has 0 fully saturated rings. The lowest BCUT2D eigenvalue weighted by atomic mass is 10.2. The van der Waals surface area contributed by atoms with Crippen LogP contribution >= 0.6 is 27.3 Å². The Morgan fingerprint density at radius 3 is 2.93 bits per heavy atom. The van der Waals surface area contributed by atoms with Gasteiger partial charge in [-0.15, -0.1) is 11.3 Å². The van der Waals surface area contributed by atoms with Crippen LogP contribution in [0.2, 0.25) is 0 Å². The molecule has 0 aliphatic heterocycles. The van der Waals surface area contributed by atoms with Crippen molar-refractivity contribution < 1.29 is 9.53 Å². The van der Waals surface area contributed by atoms with Crippen LogP contribution in [0.1, 0.15) is 23.0 Å². The van der Waals surface area contributed by atoms with Gasteiger partial charge in [0.1, 0.15) is 5.75 Å². The number of alkyl halides is 1. The van der Waals surface area contributed by atoms with Gasteiger partial charge in [0.25, 0.3) is 5.91 Å². The van der Waals surface area contributed by atoms with Gasteiger partial charge >= 0.3 is 0 Å². The first-order valence-corrected chi connectivity index (χ1v) is 6.70. The minimum Gasteiger partial charge on any atom is -0.496 e. The fourth-order valence-corrected chi connectivity index (χ4v) is 2.43. The molecule has 1 amide bonds. The van der Waals surface area contributed by atoms with Crippen molar-refractivity contribution in [2.24, 2.45) is 0 Å². The van der Waals surface area contributed by atoms with Crippen molar-refractivity contribution in [1.82, 2.24) is 5.32 Å². The molecule has 1 atom stereocenters. The molecule has 0 aromatic carbocycles. The molecule has 1 aromatic rings. The fourth-order valence-electron chi connectivity index (χ4n) is 1.05. The molecule has 15 heavy (non-hydrogen) atoms. The molecule has 0 spiro atoms. The van der Waals surface area contributed by atoms with Crippen LogP contribution in [0.25, 0.3) is 0 Å². The number of hydrogen-bond donors (Lipinski definition) is 1. The van der Waals surface area contributed by atoms with Crippen molar-refractivity contribution in [2.45, 2.75) is 19.4 Å². The molecule has 1 heterocycles. The number of halogens is 1. The first-order valence-electron chi connectivity index (χ1n) is 4.70. The van der Waals surface area contributed by atoms with Gasteiger partial charge in [-0.3, -0.25) is 4.79 Å². The van der Waals surface area contributed by atoms with Crippen LogP contribution in [0.3, 0.4) is 0 Å². The minimum absolute atomic E-state index is 0.0328. The van der Waals surface area contributed by atoms with Crippen LogP contribution in [0.5, 0.6) is 5.75 Å². The van der Waals surface area contributed by atoms with E-state index in [1.807, 2.05) is 12.3 Å². The molecule has 0 aliphatic rings. The Morgan fingerprint density at radius 2 is 2.47 bits per heavy atom. The normalized spacial score (nSPS) is 12.2. The summed E-state index contributed by atoms with van der Waals surface area (Å²) in [5, 5.41) is 5.54. The van der Waals surface area contributed by atoms with E-state index in [9.17, 15) is 4.79 Å². The maximum absolute atomic E-state index is 11.7. The summed E-state index contributed by atoms with van der Waals surface area (Å²) in [6, 6.07) is 1.94. The maximum atomic E-state index is 11.7. The summed E-state index contributed by atoms with van der Waals surface area (Å²) in [5.41, 5.74) is 0. The molecule has 0 aliphatic carbocycles. The predicted octanol–water partition coefficient (Wildman–Crippen LogP) is 2.66. The van der Waals surface area contributed by atoms with Crippen molar-refractivity contribution in [3.63, 3.8) is 0 Å². The Kier molecular flexibility index (Phi) is 5.11. The van der Waals surface area contributed by atoms with E-state index >= 15 is 0 Å². The van der Waals surface area contributed by atoms with Gasteiger partial charge in [0.15, 0.2) is 0 Å². The zero-order valence-corrected chi connectivity index (χ0v) is 11.2. The van der Waals surface area contributed by atoms with Gasteiger partial charge in [0.05, 0.1) is 12.0 Å². The van der Waals surface area contributed by atoms with Crippen molar-refractivity contribution in [3.05, 3.63) is 16.3 Å². The Labute approximate surface area is 102 Å². The van der Waals surface area contributed by atoms with E-state index in [1.54, 1.807) is 13.2 Å². The number of hydrogen-bond acceptors (Lipinski definition) is 3. The number of rotatable bonds is 5. The van der Waals surface area contributed by atoms with Crippen LogP contribution in [-0.2, 0) is 0 Å². The number of carbonyl (C=O) groups excluding carboxylic acids is 1. The summed E-state index contributed by atoms with van der Waals surface area (Å²) in [4.78, 5) is 12.4. The monoisotopic (exact) mass is 291 g/mol. The summed E-state index contributed by atoms with van der Waals surface area (Å²) < 4.78 is 5.02. The molecule has 1 N–H and O–H groups in total. The van der Waals surface area contributed by atoms with Crippen LogP contribution in [0.4, 0.5) is 0 Å². The number of methoxy groups -OCH3 is 1. The number of ether oxygens (including phenoxy) is 1. The molecule has 1 aromatic heterocycles. The summed E-state index contributed by atoms with van der Waals surface area (Å²) in [6.07, 6.45) is 0.916. The molecular formula is C10H14BrNO2S. The van der Waals surface area contributed by atoms with Crippen molar-refractivity contribution in [2.75, 3.05) is 12.4 Å². The summed E-state index contributed by atoms with van der Waals surface area (Å²) >= 11 is 4.75. The van der Waals surface area contributed by atoms with E-state index in [1.165, 1.54) is 11.3 Å². The Bertz CT molecular complexity index is 323. The molecule has 1 unspecified atom stereocenters. The molecular weight excluding hydrogens is 278 g/mol. The van der Waals surface area contributed by atoms with Crippen LogP contribution < -0.4 is 10.1 Å². The number of thiophene rings is 1. The van der Waals surface area contributed by atoms with E-state index in [-0.39, 0.29) is 11.9 Å². The predicted molar refractivity (Wildman–Crippen MR) is 66.2 cm³/mol. The Morgan fingerprint density at radius 1 is 1.73 bits per heavy atom. The highest BCUT2D eigenvalue weighted by atomic mass is 79.9. The fraction of sp³-hybridized carbons (Fsp3) is 0.500. The summed E-state index contributed by atoms with van der Waals surface area (Å²) in [5.74, 6) is 0.701. The first kappa shape index (κ1) is 12.5. The van der Waals surface area contributed by atoms with Crippen LogP contribution in [0.15, 0.2) is 11.4 Å². The Balaban J connectivity index is 2.60. The topological polar surface area (TPSA) is 38.3 Å². The molecule has 0 bridgehead atoms. The quantitative estimate of drug-likeness (QED) is 0.847. The SMILES string of the molecule is CCC(CBr)NC(=O)c1cc(OC)cs1. The number of amides is 1. The third-order valence-corrected chi connectivity index (χ3v) is 3.74. The minimum atomic E-state index is -0.0328. The van der Waals surface area contributed by atoms with Gasteiger partial charge < -0.3 is 10.1 Å². The molecule has 1 rings (SSSR count). The van der Waals surface area contributed by atoms with E-state index in [2.05, 4.69) is 21.2 Å². The van der Waals surface area contributed by atoms with Gasteiger partial charge in [-0.05, 0) is 6.42 Å². The smallest absolute Gasteiger partial charge is 0.261 e. The van der Waals surface area contributed by atoms with Gasteiger partial charge in [0, 0.05) is 22.8 Å². The third-order valence-electron chi connectivity index (χ3n) is 2.05. The molecule has 3 nitrogen and oxygen atoms in total. The zero-order chi connectivity index (χ0) is 11.3. The zero-order valence-electron chi connectivity index (χ0n) is 8.75. The highest BCUT2D eigenvalue weighted by Gasteiger charge is 2.13. The molecule has 5 heteroatoms. The van der Waals surface area contributed by atoms with Gasteiger partial charge in [-0.25, -0.2) is 0 Å².